The van der Waals surface area contributed by atoms with Gasteiger partial charge in [0.1, 0.15) is 0 Å². The van der Waals surface area contributed by atoms with Gasteiger partial charge in [-0.3, -0.25) is 4.99 Å². The molecule has 2 N–H and O–H groups in total. The number of hydrogen-bond acceptors (Lipinski definition) is 3. The van der Waals surface area contributed by atoms with Gasteiger partial charge in [-0.15, -0.1) is 24.0 Å². The first kappa shape index (κ1) is 24.6. The maximum atomic E-state index is 12.3. The Morgan fingerprint density at radius 3 is 2.43 bits per heavy atom. The minimum absolute atomic E-state index is 0. The van der Waals surface area contributed by atoms with Gasteiger partial charge in [0.25, 0.3) is 0 Å². The van der Waals surface area contributed by atoms with Gasteiger partial charge in [-0.2, -0.15) is 0 Å². The smallest absolute Gasteiger partial charge is 0.213 e. The zero-order valence-corrected chi connectivity index (χ0v) is 20.5. The van der Waals surface area contributed by atoms with Crippen LogP contribution in [0.25, 0.3) is 0 Å². The Balaban J connectivity index is 0.00000320. The summed E-state index contributed by atoms with van der Waals surface area (Å²) in [5, 5.41) is 3.30. The van der Waals surface area contributed by atoms with E-state index in [-0.39, 0.29) is 36.3 Å². The average molecular weight is 542 g/mol. The van der Waals surface area contributed by atoms with Gasteiger partial charge in [0.15, 0.2) is 5.96 Å². The summed E-state index contributed by atoms with van der Waals surface area (Å²) in [5.74, 6) is 1.26. The van der Waals surface area contributed by atoms with Crippen LogP contribution in [0.5, 0.6) is 0 Å². The topological polar surface area (TPSA) is 73.8 Å². The number of hydrogen-bond donors (Lipinski definition) is 2. The first-order valence-electron chi connectivity index (χ1n) is 10.2. The Labute approximate surface area is 197 Å². The fourth-order valence-corrected chi connectivity index (χ4v) is 4.37. The van der Waals surface area contributed by atoms with Crippen molar-refractivity contribution in [3.8, 4) is 0 Å². The molecule has 0 bridgehead atoms. The van der Waals surface area contributed by atoms with Crippen molar-refractivity contribution in [1.29, 1.82) is 0 Å². The third-order valence-electron chi connectivity index (χ3n) is 5.05. The van der Waals surface area contributed by atoms with Gasteiger partial charge in [-0.1, -0.05) is 60.7 Å². The molecule has 0 aromatic heterocycles. The third-order valence-corrected chi connectivity index (χ3v) is 6.36. The van der Waals surface area contributed by atoms with E-state index in [9.17, 15) is 8.42 Å². The van der Waals surface area contributed by atoms with Gasteiger partial charge in [0, 0.05) is 32.1 Å². The van der Waals surface area contributed by atoms with Gasteiger partial charge in [0.2, 0.25) is 10.0 Å². The lowest BCUT2D eigenvalue weighted by Gasteiger charge is -2.21. The summed E-state index contributed by atoms with van der Waals surface area (Å²) in [5.41, 5.74) is 2.29. The van der Waals surface area contributed by atoms with Crippen LogP contribution >= 0.6 is 24.0 Å². The summed E-state index contributed by atoms with van der Waals surface area (Å²) >= 11 is 0. The zero-order valence-electron chi connectivity index (χ0n) is 17.3. The second-order valence-corrected chi connectivity index (χ2v) is 9.13. The predicted molar refractivity (Wildman–Crippen MR) is 134 cm³/mol. The van der Waals surface area contributed by atoms with E-state index in [1.807, 2.05) is 43.3 Å². The van der Waals surface area contributed by atoms with Crippen LogP contribution in [0.1, 0.15) is 30.4 Å². The van der Waals surface area contributed by atoms with Gasteiger partial charge in [0.05, 0.1) is 12.3 Å². The molecule has 1 saturated heterocycles. The number of benzene rings is 2. The minimum atomic E-state index is -3.37. The fraction of sp³-hybridized carbons (Fsp3) is 0.409. The summed E-state index contributed by atoms with van der Waals surface area (Å²) in [6.45, 7) is 5.14. The van der Waals surface area contributed by atoms with Crippen LogP contribution < -0.4 is 10.0 Å². The summed E-state index contributed by atoms with van der Waals surface area (Å²) in [7, 11) is -3.37. The highest BCUT2D eigenvalue weighted by Gasteiger charge is 2.26. The van der Waals surface area contributed by atoms with Gasteiger partial charge >= 0.3 is 0 Å². The Morgan fingerprint density at radius 2 is 1.77 bits per heavy atom. The minimum Gasteiger partial charge on any atom is -0.357 e. The van der Waals surface area contributed by atoms with Crippen molar-refractivity contribution in [3.05, 3.63) is 71.8 Å². The van der Waals surface area contributed by atoms with Crippen LogP contribution in [0, 0.1) is 0 Å². The predicted octanol–water partition coefficient (Wildman–Crippen LogP) is 3.18. The van der Waals surface area contributed by atoms with E-state index >= 15 is 0 Å². The highest BCUT2D eigenvalue weighted by atomic mass is 127. The largest absolute Gasteiger partial charge is 0.357 e. The average Bonchev–Trinajstić information content (AvgIpc) is 3.23. The van der Waals surface area contributed by atoms with Crippen LogP contribution in [0.4, 0.5) is 0 Å². The Hall–Kier alpha value is -1.65. The highest BCUT2D eigenvalue weighted by Crippen LogP contribution is 2.26. The van der Waals surface area contributed by atoms with Crippen LogP contribution in [0.15, 0.2) is 65.7 Å². The van der Waals surface area contributed by atoms with E-state index in [4.69, 9.17) is 0 Å². The number of guanidine groups is 1. The molecule has 0 saturated carbocycles. The molecular weight excluding hydrogens is 511 g/mol. The lowest BCUT2D eigenvalue weighted by atomic mass is 9.99. The number of likely N-dealkylation sites (tertiary alicyclic amines) is 1. The van der Waals surface area contributed by atoms with Crippen LogP contribution in [-0.4, -0.2) is 51.2 Å². The lowest BCUT2D eigenvalue weighted by molar-refractivity contribution is 0.486. The van der Waals surface area contributed by atoms with Crippen molar-refractivity contribution >= 4 is 40.0 Å². The highest BCUT2D eigenvalue weighted by molar-refractivity contribution is 14.0. The number of aliphatic imine (C=N–C) groups is 1. The summed E-state index contributed by atoms with van der Waals surface area (Å²) in [4.78, 5) is 6.80. The molecule has 1 aliphatic heterocycles. The Kier molecular flexibility index (Phi) is 10.1. The molecule has 1 heterocycles. The second-order valence-electron chi connectivity index (χ2n) is 7.20. The van der Waals surface area contributed by atoms with Crippen molar-refractivity contribution < 1.29 is 8.42 Å². The molecule has 2 aromatic rings. The van der Waals surface area contributed by atoms with E-state index in [1.54, 1.807) is 0 Å². The van der Waals surface area contributed by atoms with Crippen LogP contribution in [0.3, 0.4) is 0 Å². The van der Waals surface area contributed by atoms with Crippen molar-refractivity contribution in [2.75, 3.05) is 31.9 Å². The maximum absolute atomic E-state index is 12.3. The first-order valence-corrected chi connectivity index (χ1v) is 11.8. The number of nitrogens with zero attached hydrogens (tertiary/aromatic N) is 2. The quantitative estimate of drug-likeness (QED) is 0.306. The molecule has 30 heavy (non-hydrogen) atoms. The number of halogens is 1. The maximum Gasteiger partial charge on any atom is 0.213 e. The van der Waals surface area contributed by atoms with Gasteiger partial charge in [-0.25, -0.2) is 13.1 Å². The third kappa shape index (κ3) is 7.55. The Bertz CT molecular complexity index is 892. The molecule has 164 valence electrons. The summed E-state index contributed by atoms with van der Waals surface area (Å²) < 4.78 is 27.2. The molecule has 8 heteroatoms. The van der Waals surface area contributed by atoms with E-state index in [2.05, 4.69) is 44.2 Å². The molecule has 0 spiro atoms. The van der Waals surface area contributed by atoms with Crippen molar-refractivity contribution in [1.82, 2.24) is 14.9 Å². The molecule has 0 aliphatic carbocycles. The molecule has 1 fully saturated rings. The first-order chi connectivity index (χ1) is 14.1. The van der Waals surface area contributed by atoms with Gasteiger partial charge < -0.3 is 10.2 Å². The monoisotopic (exact) mass is 542 g/mol. The fourth-order valence-electron chi connectivity index (χ4n) is 3.51. The molecule has 2 aromatic carbocycles. The SMILES string of the molecule is CCNC(=NCCS(=O)(=O)NCc1ccccc1)N1CCC(c2ccccc2)C1.I. The van der Waals surface area contributed by atoms with E-state index in [0.29, 0.717) is 12.5 Å². The molecule has 1 unspecified atom stereocenters. The van der Waals surface area contributed by atoms with E-state index in [0.717, 1.165) is 37.6 Å². The molecule has 1 atom stereocenters. The molecule has 0 amide bonds. The molecule has 1 aliphatic rings. The second kappa shape index (κ2) is 12.3. The zero-order chi connectivity index (χ0) is 20.5. The summed E-state index contributed by atoms with van der Waals surface area (Å²) in [6, 6.07) is 20.0. The Morgan fingerprint density at radius 1 is 1.10 bits per heavy atom. The molecular formula is C22H31IN4O2S. The standard InChI is InChI=1S/C22H30N4O2S.HI/c1-2-23-22(26-15-13-21(18-26)20-11-7-4-8-12-20)24-14-16-29(27,28)25-17-19-9-5-3-6-10-19;/h3-12,21,25H,2,13-18H2,1H3,(H,23,24);1H. The summed E-state index contributed by atoms with van der Waals surface area (Å²) in [6.07, 6.45) is 1.07. The van der Waals surface area contributed by atoms with Crippen molar-refractivity contribution in [2.24, 2.45) is 4.99 Å². The van der Waals surface area contributed by atoms with Crippen LogP contribution in [-0.2, 0) is 16.6 Å². The molecule has 6 nitrogen and oxygen atoms in total. The molecule has 3 rings (SSSR count). The lowest BCUT2D eigenvalue weighted by Crippen LogP contribution is -2.40. The van der Waals surface area contributed by atoms with Crippen molar-refractivity contribution in [2.45, 2.75) is 25.8 Å². The van der Waals surface area contributed by atoms with Crippen LogP contribution in [0.2, 0.25) is 0 Å². The van der Waals surface area contributed by atoms with E-state index < -0.39 is 10.0 Å². The van der Waals surface area contributed by atoms with E-state index in [1.165, 1.54) is 5.56 Å². The normalized spacial score (nSPS) is 16.9. The number of sulfonamides is 1. The van der Waals surface area contributed by atoms with Crippen molar-refractivity contribution in [3.63, 3.8) is 0 Å². The van der Waals surface area contributed by atoms with Gasteiger partial charge in [-0.05, 0) is 24.5 Å². The molecule has 0 radical (unpaired) electrons. The number of rotatable bonds is 8. The number of nitrogens with one attached hydrogen (secondary N) is 2.